The van der Waals surface area contributed by atoms with Gasteiger partial charge in [0.15, 0.2) is 5.65 Å². The number of esters is 1. The van der Waals surface area contributed by atoms with Crippen LogP contribution in [0.5, 0.6) is 0 Å². The SMILES string of the molecule is COC(=O)/C(NC(=O)OC(C)(C)C)=C(/C)COC1CC(CCc2ccc3cccnc3n2)C1. The second-order valence-corrected chi connectivity index (χ2v) is 9.44. The van der Waals surface area contributed by atoms with Crippen molar-refractivity contribution in [3.8, 4) is 0 Å². The van der Waals surface area contributed by atoms with Crippen LogP contribution in [0.1, 0.15) is 52.7 Å². The van der Waals surface area contributed by atoms with Crippen molar-refractivity contribution in [1.82, 2.24) is 15.3 Å². The van der Waals surface area contributed by atoms with Crippen LogP contribution in [0.25, 0.3) is 11.0 Å². The van der Waals surface area contributed by atoms with Crippen molar-refractivity contribution < 1.29 is 23.8 Å². The number of nitrogens with zero attached hydrogens (tertiary/aromatic N) is 2. The van der Waals surface area contributed by atoms with Gasteiger partial charge in [0.2, 0.25) is 0 Å². The van der Waals surface area contributed by atoms with Crippen LogP contribution in [0.2, 0.25) is 0 Å². The lowest BCUT2D eigenvalue weighted by molar-refractivity contribution is -0.136. The van der Waals surface area contributed by atoms with Gasteiger partial charge in [-0.15, -0.1) is 0 Å². The second kappa shape index (κ2) is 10.7. The molecule has 0 aromatic carbocycles. The number of fused-ring (bicyclic) bond motifs is 1. The lowest BCUT2D eigenvalue weighted by atomic mass is 9.79. The molecule has 2 heterocycles. The Morgan fingerprint density at radius 1 is 1.18 bits per heavy atom. The number of carbonyl (C=O) groups is 2. The molecule has 1 aliphatic rings. The van der Waals surface area contributed by atoms with Gasteiger partial charge in [-0.25, -0.2) is 19.6 Å². The summed E-state index contributed by atoms with van der Waals surface area (Å²) in [6.07, 6.45) is 5.08. The Kier molecular flexibility index (Phi) is 8.02. The number of amides is 1. The fourth-order valence-corrected chi connectivity index (χ4v) is 3.68. The summed E-state index contributed by atoms with van der Waals surface area (Å²) in [5, 5.41) is 3.55. The summed E-state index contributed by atoms with van der Waals surface area (Å²) in [7, 11) is 1.27. The highest BCUT2D eigenvalue weighted by atomic mass is 16.6. The maximum absolute atomic E-state index is 12.1. The summed E-state index contributed by atoms with van der Waals surface area (Å²) < 4.78 is 16.0. The predicted octanol–water partition coefficient (Wildman–Crippen LogP) is 4.33. The van der Waals surface area contributed by atoms with Gasteiger partial charge in [0.25, 0.3) is 0 Å². The van der Waals surface area contributed by atoms with Gasteiger partial charge in [-0.1, -0.05) is 0 Å². The van der Waals surface area contributed by atoms with Gasteiger partial charge in [0, 0.05) is 17.3 Å². The first-order valence-corrected chi connectivity index (χ1v) is 11.2. The summed E-state index contributed by atoms with van der Waals surface area (Å²) in [6, 6.07) is 8.06. The topological polar surface area (TPSA) is 99.6 Å². The Hall–Kier alpha value is -3.00. The molecule has 178 valence electrons. The zero-order valence-corrected chi connectivity index (χ0v) is 20.0. The summed E-state index contributed by atoms with van der Waals surface area (Å²) in [6.45, 7) is 7.23. The van der Waals surface area contributed by atoms with Gasteiger partial charge < -0.3 is 14.2 Å². The van der Waals surface area contributed by atoms with E-state index in [9.17, 15) is 9.59 Å². The van der Waals surface area contributed by atoms with E-state index in [2.05, 4.69) is 27.4 Å². The zero-order valence-electron chi connectivity index (χ0n) is 20.0. The van der Waals surface area contributed by atoms with Crippen LogP contribution in [0, 0.1) is 5.92 Å². The van der Waals surface area contributed by atoms with Gasteiger partial charge in [-0.2, -0.15) is 0 Å². The molecule has 0 bridgehead atoms. The van der Waals surface area contributed by atoms with Crippen molar-refractivity contribution in [3.05, 3.63) is 47.4 Å². The molecular weight excluding hydrogens is 422 g/mol. The van der Waals surface area contributed by atoms with E-state index < -0.39 is 17.7 Å². The fourth-order valence-electron chi connectivity index (χ4n) is 3.68. The average molecular weight is 456 g/mol. The van der Waals surface area contributed by atoms with Crippen LogP contribution >= 0.6 is 0 Å². The summed E-state index contributed by atoms with van der Waals surface area (Å²) >= 11 is 0. The number of hydrogen-bond donors (Lipinski definition) is 1. The standard InChI is InChI=1S/C25H33N3O5/c1-16(21(23(29)31-5)28-24(30)33-25(2,3)4)15-32-20-13-17(14-20)8-10-19-11-9-18-7-6-12-26-22(18)27-19/h6-7,9,11-12,17,20H,8,10,13-15H2,1-5H3,(H,28,30)/b21-16+. The number of nitrogens with one attached hydrogen (secondary N) is 1. The van der Waals surface area contributed by atoms with E-state index in [0.717, 1.165) is 42.4 Å². The molecule has 3 rings (SSSR count). The van der Waals surface area contributed by atoms with Gasteiger partial charge in [0.05, 0.1) is 19.8 Å². The van der Waals surface area contributed by atoms with Gasteiger partial charge in [0.1, 0.15) is 11.3 Å². The molecule has 33 heavy (non-hydrogen) atoms. The van der Waals surface area contributed by atoms with Crippen LogP contribution in [0.15, 0.2) is 41.7 Å². The quantitative estimate of drug-likeness (QED) is 0.467. The van der Waals surface area contributed by atoms with Crippen molar-refractivity contribution >= 4 is 23.1 Å². The van der Waals surface area contributed by atoms with Crippen LogP contribution in [0.4, 0.5) is 4.79 Å². The molecule has 1 saturated carbocycles. The number of alkyl carbamates (subject to hydrolysis) is 1. The normalized spacial score (nSPS) is 18.8. The molecule has 1 N–H and O–H groups in total. The summed E-state index contributed by atoms with van der Waals surface area (Å²) in [4.78, 5) is 33.2. The van der Waals surface area contributed by atoms with Crippen molar-refractivity contribution in [1.29, 1.82) is 0 Å². The highest BCUT2D eigenvalue weighted by Gasteiger charge is 2.30. The van der Waals surface area contributed by atoms with Gasteiger partial charge in [-0.3, -0.25) is 5.32 Å². The van der Waals surface area contributed by atoms with E-state index in [4.69, 9.17) is 14.2 Å². The maximum Gasteiger partial charge on any atom is 0.412 e. The molecule has 2 aromatic heterocycles. The molecule has 8 nitrogen and oxygen atoms in total. The Bertz CT molecular complexity index is 1020. The molecule has 1 amide bonds. The number of rotatable bonds is 8. The highest BCUT2D eigenvalue weighted by molar-refractivity contribution is 5.93. The number of hydrogen-bond acceptors (Lipinski definition) is 7. The molecule has 0 unspecified atom stereocenters. The minimum absolute atomic E-state index is 0.0543. The third-order valence-corrected chi connectivity index (χ3v) is 5.50. The first-order chi connectivity index (χ1) is 15.6. The van der Waals surface area contributed by atoms with E-state index in [1.807, 2.05) is 12.1 Å². The number of carbonyl (C=O) groups excluding carboxylic acids is 2. The van der Waals surface area contributed by atoms with Crippen LogP contribution < -0.4 is 5.32 Å². The van der Waals surface area contributed by atoms with E-state index in [0.29, 0.717) is 11.5 Å². The smallest absolute Gasteiger partial charge is 0.412 e. The van der Waals surface area contributed by atoms with Crippen LogP contribution in [0.3, 0.4) is 0 Å². The number of aryl methyl sites for hydroxylation is 1. The van der Waals surface area contributed by atoms with Crippen LogP contribution in [-0.2, 0) is 25.4 Å². The molecule has 0 aliphatic heterocycles. The molecule has 0 spiro atoms. The molecule has 1 aliphatic carbocycles. The maximum atomic E-state index is 12.1. The minimum atomic E-state index is -0.705. The lowest BCUT2D eigenvalue weighted by Crippen LogP contribution is -2.36. The molecule has 0 atom stereocenters. The Labute approximate surface area is 194 Å². The molecule has 1 fully saturated rings. The predicted molar refractivity (Wildman–Crippen MR) is 124 cm³/mol. The highest BCUT2D eigenvalue weighted by Crippen LogP contribution is 2.34. The number of methoxy groups -OCH3 is 1. The van der Waals surface area contributed by atoms with Crippen molar-refractivity contribution in [2.45, 2.75) is 65.1 Å². The van der Waals surface area contributed by atoms with Crippen molar-refractivity contribution in [2.24, 2.45) is 5.92 Å². The Balaban J connectivity index is 1.45. The zero-order chi connectivity index (χ0) is 24.0. The van der Waals surface area contributed by atoms with Gasteiger partial charge >= 0.3 is 12.1 Å². The molecule has 0 saturated heterocycles. The lowest BCUT2D eigenvalue weighted by Gasteiger charge is -2.35. The monoisotopic (exact) mass is 455 g/mol. The van der Waals surface area contributed by atoms with Crippen LogP contribution in [-0.4, -0.2) is 47.5 Å². The number of ether oxygens (including phenoxy) is 3. The number of aromatic nitrogens is 2. The van der Waals surface area contributed by atoms with E-state index in [1.165, 1.54) is 7.11 Å². The summed E-state index contributed by atoms with van der Waals surface area (Å²) in [5.74, 6) is -0.0497. The molecular formula is C25H33N3O5. The first kappa shape index (κ1) is 24.6. The van der Waals surface area contributed by atoms with Crippen molar-refractivity contribution in [3.63, 3.8) is 0 Å². The molecule has 0 radical (unpaired) electrons. The van der Waals surface area contributed by atoms with E-state index in [-0.39, 0.29) is 18.4 Å². The van der Waals surface area contributed by atoms with E-state index in [1.54, 1.807) is 33.9 Å². The second-order valence-electron chi connectivity index (χ2n) is 9.44. The summed E-state index contributed by atoms with van der Waals surface area (Å²) in [5.41, 5.74) is 1.81. The largest absolute Gasteiger partial charge is 0.464 e. The minimum Gasteiger partial charge on any atom is -0.464 e. The Morgan fingerprint density at radius 2 is 1.94 bits per heavy atom. The molecule has 8 heteroatoms. The number of pyridine rings is 2. The molecule has 2 aromatic rings. The Morgan fingerprint density at radius 3 is 2.64 bits per heavy atom. The van der Waals surface area contributed by atoms with E-state index >= 15 is 0 Å². The van der Waals surface area contributed by atoms with Gasteiger partial charge in [-0.05, 0) is 89.1 Å². The average Bonchev–Trinajstić information content (AvgIpc) is 2.74. The first-order valence-electron chi connectivity index (χ1n) is 11.2. The third-order valence-electron chi connectivity index (χ3n) is 5.50. The third kappa shape index (κ3) is 7.25. The fraction of sp³-hybridized carbons (Fsp3) is 0.520. The van der Waals surface area contributed by atoms with Crippen molar-refractivity contribution in [2.75, 3.05) is 13.7 Å².